The van der Waals surface area contributed by atoms with E-state index in [4.69, 9.17) is 4.74 Å². The van der Waals surface area contributed by atoms with Crippen LogP contribution in [0.25, 0.3) is 0 Å². The predicted octanol–water partition coefficient (Wildman–Crippen LogP) is 0.707. The van der Waals surface area contributed by atoms with E-state index in [9.17, 15) is 0 Å². The second-order valence-electron chi connectivity index (χ2n) is 3.29. The van der Waals surface area contributed by atoms with Crippen molar-refractivity contribution in [2.75, 3.05) is 39.4 Å². The lowest BCUT2D eigenvalue weighted by atomic mass is 10.2. The Morgan fingerprint density at radius 2 is 1.92 bits per heavy atom. The minimum atomic E-state index is 0.791. The Kier molecular flexibility index (Phi) is 5.35. The molecule has 2 fully saturated rings. The minimum absolute atomic E-state index is 0.791. The third-order valence-corrected chi connectivity index (χ3v) is 2.60. The molecular weight excluding hydrogens is 164 g/mol. The lowest BCUT2D eigenvalue weighted by Gasteiger charge is -2.31. The Morgan fingerprint density at radius 1 is 1.23 bits per heavy atom. The van der Waals surface area contributed by atoms with Gasteiger partial charge in [-0.25, -0.2) is 0 Å². The molecule has 2 rings (SSSR count). The quantitative estimate of drug-likeness (QED) is 0.652. The van der Waals surface area contributed by atoms with Gasteiger partial charge in [-0.3, -0.25) is 4.90 Å². The molecule has 0 aromatic carbocycles. The zero-order chi connectivity index (χ0) is 9.52. The van der Waals surface area contributed by atoms with Gasteiger partial charge in [0.15, 0.2) is 0 Å². The fourth-order valence-corrected chi connectivity index (χ4v) is 1.89. The van der Waals surface area contributed by atoms with Crippen molar-refractivity contribution >= 4 is 0 Å². The monoisotopic (exact) mass is 186 g/mol. The highest BCUT2D eigenvalue weighted by Gasteiger charge is 2.23. The topological polar surface area (TPSA) is 24.5 Å². The highest BCUT2D eigenvalue weighted by atomic mass is 16.5. The largest absolute Gasteiger partial charge is 0.379 e. The first kappa shape index (κ1) is 11.0. The summed E-state index contributed by atoms with van der Waals surface area (Å²) in [5.41, 5.74) is 0. The third-order valence-electron chi connectivity index (χ3n) is 2.60. The molecule has 1 atom stereocenters. The summed E-state index contributed by atoms with van der Waals surface area (Å²) in [6, 6.07) is 0.791. The van der Waals surface area contributed by atoms with E-state index in [1.807, 2.05) is 13.8 Å². The van der Waals surface area contributed by atoms with Gasteiger partial charge < -0.3 is 10.1 Å². The first-order chi connectivity index (χ1) is 6.47. The van der Waals surface area contributed by atoms with E-state index >= 15 is 0 Å². The van der Waals surface area contributed by atoms with Crippen molar-refractivity contribution in [2.45, 2.75) is 26.3 Å². The maximum atomic E-state index is 5.30. The summed E-state index contributed by atoms with van der Waals surface area (Å²) < 4.78 is 5.30. The van der Waals surface area contributed by atoms with Crippen molar-refractivity contribution in [3.05, 3.63) is 0 Å². The molecule has 3 nitrogen and oxygen atoms in total. The van der Waals surface area contributed by atoms with Gasteiger partial charge in [-0.1, -0.05) is 13.8 Å². The van der Waals surface area contributed by atoms with E-state index in [-0.39, 0.29) is 0 Å². The van der Waals surface area contributed by atoms with Crippen molar-refractivity contribution in [1.29, 1.82) is 0 Å². The molecular formula is C10H22N2O. The molecule has 1 N–H and O–H groups in total. The Bertz CT molecular complexity index is 118. The number of hydrogen-bond acceptors (Lipinski definition) is 3. The van der Waals surface area contributed by atoms with E-state index in [2.05, 4.69) is 10.2 Å². The Hall–Kier alpha value is -0.120. The molecule has 0 saturated carbocycles. The van der Waals surface area contributed by atoms with Gasteiger partial charge in [-0.2, -0.15) is 0 Å². The molecule has 1 unspecified atom stereocenters. The van der Waals surface area contributed by atoms with Crippen molar-refractivity contribution in [2.24, 2.45) is 0 Å². The third kappa shape index (κ3) is 3.25. The molecule has 0 radical (unpaired) electrons. The number of morpholine rings is 1. The molecule has 3 heteroatoms. The summed E-state index contributed by atoms with van der Waals surface area (Å²) in [6.07, 6.45) is 1.32. The fraction of sp³-hybridized carbons (Fsp3) is 1.00. The van der Waals surface area contributed by atoms with E-state index in [0.29, 0.717) is 0 Å². The van der Waals surface area contributed by atoms with Crippen molar-refractivity contribution < 1.29 is 4.74 Å². The average molecular weight is 186 g/mol. The van der Waals surface area contributed by atoms with Gasteiger partial charge in [-0.15, -0.1) is 0 Å². The number of rotatable bonds is 1. The normalized spacial score (nSPS) is 29.5. The van der Waals surface area contributed by atoms with Crippen molar-refractivity contribution in [3.8, 4) is 0 Å². The second-order valence-corrected chi connectivity index (χ2v) is 3.29. The molecule has 2 heterocycles. The maximum absolute atomic E-state index is 5.30. The van der Waals surface area contributed by atoms with Gasteiger partial charge in [0, 0.05) is 25.7 Å². The summed E-state index contributed by atoms with van der Waals surface area (Å²) in [6.45, 7) is 10.5. The van der Waals surface area contributed by atoms with Gasteiger partial charge in [-0.05, 0) is 13.0 Å². The molecule has 13 heavy (non-hydrogen) atoms. The summed E-state index contributed by atoms with van der Waals surface area (Å²) in [4.78, 5) is 2.55. The van der Waals surface area contributed by atoms with Gasteiger partial charge in [0.1, 0.15) is 0 Å². The van der Waals surface area contributed by atoms with Crippen LogP contribution >= 0.6 is 0 Å². The highest BCUT2D eigenvalue weighted by molar-refractivity contribution is 4.81. The van der Waals surface area contributed by atoms with Crippen LogP contribution < -0.4 is 5.32 Å². The number of hydrogen-bond donors (Lipinski definition) is 1. The van der Waals surface area contributed by atoms with E-state index < -0.39 is 0 Å². The summed E-state index contributed by atoms with van der Waals surface area (Å²) in [5.74, 6) is 0. The summed E-state index contributed by atoms with van der Waals surface area (Å²) in [7, 11) is 0. The van der Waals surface area contributed by atoms with Crippen molar-refractivity contribution in [3.63, 3.8) is 0 Å². The summed E-state index contributed by atoms with van der Waals surface area (Å²) >= 11 is 0. The van der Waals surface area contributed by atoms with Gasteiger partial charge in [0.05, 0.1) is 13.2 Å². The first-order valence-corrected chi connectivity index (χ1v) is 5.49. The number of nitrogens with zero attached hydrogens (tertiary/aromatic N) is 1. The molecule has 0 spiro atoms. The summed E-state index contributed by atoms with van der Waals surface area (Å²) in [5, 5.41) is 3.39. The second kappa shape index (κ2) is 6.35. The highest BCUT2D eigenvalue weighted by Crippen LogP contribution is 2.09. The lowest BCUT2D eigenvalue weighted by Crippen LogP contribution is -2.44. The van der Waals surface area contributed by atoms with Crippen LogP contribution in [0, 0.1) is 0 Å². The average Bonchev–Trinajstić information content (AvgIpc) is 2.75. The molecule has 0 aliphatic carbocycles. The Labute approximate surface area is 81.4 Å². The fourth-order valence-electron chi connectivity index (χ4n) is 1.89. The SMILES string of the molecule is C1CC(N2CCOCC2)CN1.CC. The molecule has 78 valence electrons. The molecule has 0 amide bonds. The Balaban J connectivity index is 0.000000396. The van der Waals surface area contributed by atoms with E-state index in [1.54, 1.807) is 0 Å². The molecule has 2 aliphatic rings. The minimum Gasteiger partial charge on any atom is -0.379 e. The zero-order valence-corrected chi connectivity index (χ0v) is 8.88. The van der Waals surface area contributed by atoms with Gasteiger partial charge in [0.2, 0.25) is 0 Å². The molecule has 0 aromatic rings. The smallest absolute Gasteiger partial charge is 0.0594 e. The molecule has 2 aliphatic heterocycles. The van der Waals surface area contributed by atoms with E-state index in [0.717, 1.165) is 32.3 Å². The van der Waals surface area contributed by atoms with Crippen LogP contribution in [0.5, 0.6) is 0 Å². The standard InChI is InChI=1S/C8H16N2O.C2H6/c1-2-9-7-8(1)10-3-5-11-6-4-10;1-2/h8-9H,1-7H2;1-2H3. The molecule has 2 saturated heterocycles. The van der Waals surface area contributed by atoms with Crippen LogP contribution in [0.1, 0.15) is 20.3 Å². The predicted molar refractivity (Wildman–Crippen MR) is 55.0 cm³/mol. The maximum Gasteiger partial charge on any atom is 0.0594 e. The van der Waals surface area contributed by atoms with Crippen LogP contribution in [0.4, 0.5) is 0 Å². The van der Waals surface area contributed by atoms with Gasteiger partial charge >= 0.3 is 0 Å². The van der Waals surface area contributed by atoms with Crippen LogP contribution in [0.2, 0.25) is 0 Å². The van der Waals surface area contributed by atoms with Crippen LogP contribution in [0.15, 0.2) is 0 Å². The first-order valence-electron chi connectivity index (χ1n) is 5.49. The van der Waals surface area contributed by atoms with Crippen molar-refractivity contribution in [1.82, 2.24) is 10.2 Å². The Morgan fingerprint density at radius 3 is 2.46 bits per heavy atom. The number of ether oxygens (including phenoxy) is 1. The van der Waals surface area contributed by atoms with E-state index in [1.165, 1.54) is 19.5 Å². The lowest BCUT2D eigenvalue weighted by molar-refractivity contribution is 0.0206. The van der Waals surface area contributed by atoms with Crippen LogP contribution in [-0.2, 0) is 4.74 Å². The van der Waals surface area contributed by atoms with Crippen LogP contribution in [-0.4, -0.2) is 50.3 Å². The number of nitrogens with one attached hydrogen (secondary N) is 1. The molecule has 0 aromatic heterocycles. The van der Waals surface area contributed by atoms with Crippen LogP contribution in [0.3, 0.4) is 0 Å². The zero-order valence-electron chi connectivity index (χ0n) is 8.88. The van der Waals surface area contributed by atoms with Gasteiger partial charge in [0.25, 0.3) is 0 Å². The molecule has 0 bridgehead atoms.